The van der Waals surface area contributed by atoms with Crippen molar-refractivity contribution < 1.29 is 28.3 Å². The van der Waals surface area contributed by atoms with Gasteiger partial charge in [-0.25, -0.2) is 9.59 Å². The van der Waals surface area contributed by atoms with Crippen LogP contribution in [0, 0.1) is 0 Å². The molecule has 0 bridgehead atoms. The number of nitrogens with one attached hydrogen (secondary N) is 1. The molecule has 0 aliphatic carbocycles. The number of ether oxygens (including phenoxy) is 2. The van der Waals surface area contributed by atoms with E-state index in [1.807, 2.05) is 19.1 Å². The van der Waals surface area contributed by atoms with Crippen LogP contribution in [0.3, 0.4) is 0 Å². The lowest BCUT2D eigenvalue weighted by Crippen LogP contribution is -2.30. The Hall–Kier alpha value is -3.55. The van der Waals surface area contributed by atoms with Gasteiger partial charge in [0.05, 0.1) is 20.3 Å². The fraction of sp³-hybridized carbons (Fsp3) is 0.211. The Morgan fingerprint density at radius 2 is 2.00 bits per heavy atom. The van der Waals surface area contributed by atoms with Gasteiger partial charge in [0, 0.05) is 5.56 Å². The molecule has 1 aromatic heterocycles. The summed E-state index contributed by atoms with van der Waals surface area (Å²) >= 11 is 0. The minimum Gasteiger partial charge on any atom is -0.493 e. The van der Waals surface area contributed by atoms with Crippen LogP contribution in [-0.4, -0.2) is 36.5 Å². The number of carbonyl (C=O) groups excluding carboxylic acids is 3. The van der Waals surface area contributed by atoms with Gasteiger partial charge in [-0.05, 0) is 31.2 Å². The largest absolute Gasteiger partial charge is 0.493 e. The number of para-hydroxylation sites is 1. The number of amides is 3. The average Bonchev–Trinajstić information content (AvgIpc) is 3.23. The third-order valence-electron chi connectivity index (χ3n) is 3.84. The van der Waals surface area contributed by atoms with E-state index in [2.05, 4.69) is 10.1 Å². The Morgan fingerprint density at radius 1 is 1.22 bits per heavy atom. The smallest absolute Gasteiger partial charge is 0.373 e. The summed E-state index contributed by atoms with van der Waals surface area (Å²) in [5.41, 5.74) is 0.808. The molecule has 1 aromatic carbocycles. The Bertz CT molecular complexity index is 914. The van der Waals surface area contributed by atoms with Crippen molar-refractivity contribution in [1.29, 1.82) is 0 Å². The highest BCUT2D eigenvalue weighted by Gasteiger charge is 2.34. The van der Waals surface area contributed by atoms with E-state index in [4.69, 9.17) is 9.15 Å². The second-order valence-electron chi connectivity index (χ2n) is 5.61. The van der Waals surface area contributed by atoms with Gasteiger partial charge < -0.3 is 19.2 Å². The first-order chi connectivity index (χ1) is 13.0. The SMILES string of the molecule is CCOc1ccccc1/C=C1\NC(=O)N(Cc2ccc(C(=O)OC)o2)C1=O. The van der Waals surface area contributed by atoms with Crippen molar-refractivity contribution in [3.63, 3.8) is 0 Å². The van der Waals surface area contributed by atoms with Gasteiger partial charge in [0.2, 0.25) is 5.76 Å². The van der Waals surface area contributed by atoms with Crippen molar-refractivity contribution in [2.75, 3.05) is 13.7 Å². The van der Waals surface area contributed by atoms with E-state index in [0.29, 0.717) is 17.9 Å². The van der Waals surface area contributed by atoms with Crippen LogP contribution < -0.4 is 10.1 Å². The van der Waals surface area contributed by atoms with E-state index < -0.39 is 17.9 Å². The van der Waals surface area contributed by atoms with Crippen molar-refractivity contribution in [2.24, 2.45) is 0 Å². The Morgan fingerprint density at radius 3 is 2.74 bits per heavy atom. The van der Waals surface area contributed by atoms with E-state index >= 15 is 0 Å². The van der Waals surface area contributed by atoms with Crippen LogP contribution in [0.1, 0.15) is 28.8 Å². The predicted octanol–water partition coefficient (Wildman–Crippen LogP) is 2.56. The molecular weight excluding hydrogens is 352 g/mol. The summed E-state index contributed by atoms with van der Waals surface area (Å²) in [6.07, 6.45) is 1.56. The number of methoxy groups -OCH3 is 1. The zero-order valence-electron chi connectivity index (χ0n) is 14.9. The number of rotatable bonds is 6. The molecule has 3 amide bonds. The van der Waals surface area contributed by atoms with Crippen LogP contribution in [0.5, 0.6) is 5.75 Å². The number of esters is 1. The van der Waals surface area contributed by atoms with E-state index in [-0.39, 0.29) is 23.8 Å². The van der Waals surface area contributed by atoms with Crippen molar-refractivity contribution in [2.45, 2.75) is 13.5 Å². The number of urea groups is 1. The molecule has 1 N–H and O–H groups in total. The molecule has 8 nitrogen and oxygen atoms in total. The fourth-order valence-electron chi connectivity index (χ4n) is 2.59. The molecule has 1 aliphatic heterocycles. The summed E-state index contributed by atoms with van der Waals surface area (Å²) in [6.45, 7) is 2.24. The average molecular weight is 370 g/mol. The molecule has 8 heteroatoms. The van der Waals surface area contributed by atoms with Crippen LogP contribution in [0.4, 0.5) is 4.79 Å². The summed E-state index contributed by atoms with van der Waals surface area (Å²) in [5, 5.41) is 2.54. The minimum atomic E-state index is -0.633. The van der Waals surface area contributed by atoms with E-state index in [1.165, 1.54) is 19.2 Å². The second kappa shape index (κ2) is 7.77. The van der Waals surface area contributed by atoms with Gasteiger partial charge in [-0.3, -0.25) is 9.69 Å². The predicted molar refractivity (Wildman–Crippen MR) is 94.7 cm³/mol. The molecule has 0 unspecified atom stereocenters. The van der Waals surface area contributed by atoms with Crippen LogP contribution in [0.2, 0.25) is 0 Å². The minimum absolute atomic E-state index is 0.000890. The fourth-order valence-corrected chi connectivity index (χ4v) is 2.59. The number of nitrogens with zero attached hydrogens (tertiary/aromatic N) is 1. The maximum Gasteiger partial charge on any atom is 0.373 e. The lowest BCUT2D eigenvalue weighted by Gasteiger charge is -2.09. The lowest BCUT2D eigenvalue weighted by atomic mass is 10.1. The first-order valence-electron chi connectivity index (χ1n) is 8.27. The lowest BCUT2D eigenvalue weighted by molar-refractivity contribution is -0.123. The third kappa shape index (κ3) is 3.84. The molecule has 0 saturated carbocycles. The topological polar surface area (TPSA) is 98.1 Å². The molecule has 0 spiro atoms. The van der Waals surface area contributed by atoms with Crippen molar-refractivity contribution in [1.82, 2.24) is 10.2 Å². The second-order valence-corrected chi connectivity index (χ2v) is 5.61. The summed E-state index contributed by atoms with van der Waals surface area (Å²) in [4.78, 5) is 37.2. The third-order valence-corrected chi connectivity index (χ3v) is 3.84. The van der Waals surface area contributed by atoms with E-state index in [9.17, 15) is 14.4 Å². The Kier molecular flexibility index (Phi) is 5.25. The van der Waals surface area contributed by atoms with Crippen molar-refractivity contribution in [3.05, 3.63) is 59.2 Å². The van der Waals surface area contributed by atoms with Gasteiger partial charge in [-0.2, -0.15) is 0 Å². The zero-order valence-corrected chi connectivity index (χ0v) is 14.9. The maximum absolute atomic E-state index is 12.6. The molecule has 140 valence electrons. The highest BCUT2D eigenvalue weighted by atomic mass is 16.5. The number of carbonyl (C=O) groups is 3. The highest BCUT2D eigenvalue weighted by Crippen LogP contribution is 2.23. The normalized spacial score (nSPS) is 15.2. The number of hydrogen-bond acceptors (Lipinski definition) is 6. The number of hydrogen-bond donors (Lipinski definition) is 1. The monoisotopic (exact) mass is 370 g/mol. The summed E-state index contributed by atoms with van der Waals surface area (Å²) in [6, 6.07) is 9.57. The van der Waals surface area contributed by atoms with Gasteiger partial charge >= 0.3 is 12.0 Å². The standard InChI is InChI=1S/C19H18N2O6/c1-3-26-15-7-5-4-6-12(15)10-14-17(22)21(19(24)20-14)11-13-8-9-16(27-13)18(23)25-2/h4-10H,3,11H2,1-2H3,(H,20,24)/b14-10-. The van der Waals surface area contributed by atoms with Gasteiger partial charge in [-0.15, -0.1) is 0 Å². The molecule has 2 heterocycles. The van der Waals surface area contributed by atoms with Crippen LogP contribution >= 0.6 is 0 Å². The molecule has 1 fully saturated rings. The van der Waals surface area contributed by atoms with Crippen molar-refractivity contribution in [3.8, 4) is 5.75 Å². The molecule has 2 aromatic rings. The Balaban J connectivity index is 1.79. The first kappa shape index (κ1) is 18.2. The number of benzene rings is 1. The van der Waals surface area contributed by atoms with Crippen LogP contribution in [0.15, 0.2) is 46.5 Å². The Labute approximate surface area is 155 Å². The molecular formula is C19H18N2O6. The van der Waals surface area contributed by atoms with E-state index in [1.54, 1.807) is 18.2 Å². The maximum atomic E-state index is 12.6. The quantitative estimate of drug-likeness (QED) is 0.477. The van der Waals surface area contributed by atoms with Crippen molar-refractivity contribution >= 4 is 24.0 Å². The van der Waals surface area contributed by atoms with Gasteiger partial charge in [0.15, 0.2) is 0 Å². The number of imide groups is 1. The van der Waals surface area contributed by atoms with E-state index in [0.717, 1.165) is 4.90 Å². The number of furan rings is 1. The summed E-state index contributed by atoms with van der Waals surface area (Å²) in [5.74, 6) is -0.230. The highest BCUT2D eigenvalue weighted by molar-refractivity contribution is 6.14. The zero-order chi connectivity index (χ0) is 19.4. The summed E-state index contributed by atoms with van der Waals surface area (Å²) in [7, 11) is 1.24. The van der Waals surface area contributed by atoms with Crippen LogP contribution in [0.25, 0.3) is 6.08 Å². The van der Waals surface area contributed by atoms with Gasteiger partial charge in [-0.1, -0.05) is 18.2 Å². The van der Waals surface area contributed by atoms with Gasteiger partial charge in [0.25, 0.3) is 5.91 Å². The first-order valence-corrected chi connectivity index (χ1v) is 8.27. The molecule has 27 heavy (non-hydrogen) atoms. The molecule has 1 aliphatic rings. The molecule has 1 saturated heterocycles. The molecule has 3 rings (SSSR count). The molecule has 0 radical (unpaired) electrons. The summed E-state index contributed by atoms with van der Waals surface area (Å²) < 4.78 is 15.4. The van der Waals surface area contributed by atoms with Crippen LogP contribution in [-0.2, 0) is 16.1 Å². The molecule has 0 atom stereocenters. The van der Waals surface area contributed by atoms with Gasteiger partial charge in [0.1, 0.15) is 17.2 Å².